The van der Waals surface area contributed by atoms with Crippen molar-refractivity contribution in [2.45, 2.75) is 60.4 Å². The molecule has 0 heterocycles. The van der Waals surface area contributed by atoms with Crippen LogP contribution in [0.25, 0.3) is 0 Å². The Morgan fingerprint density at radius 1 is 0.882 bits per heavy atom. The second-order valence-electron chi connectivity index (χ2n) is 3.66. The van der Waals surface area contributed by atoms with Crippen LogP contribution in [0, 0.1) is 0 Å². The second-order valence-corrected chi connectivity index (χ2v) is 3.66. The van der Waals surface area contributed by atoms with Gasteiger partial charge < -0.3 is 5.32 Å². The first-order chi connectivity index (χ1) is 8.35. The minimum absolute atomic E-state index is 0. The molecule has 0 amide bonds. The average Bonchev–Trinajstić information content (AvgIpc) is 2.43. The molecule has 1 N–H and O–H groups in total. The monoisotopic (exact) mass is 239 g/mol. The summed E-state index contributed by atoms with van der Waals surface area (Å²) < 4.78 is 0. The standard InChI is InChI=1S/C10H15N.C4H10.C2H6.H2/c1-2-8-11-9-10-6-4-3-5-7-10;1-3-4-2;1-2;/h3-7,11H,2,8-9H2,1H3;3-4H2,1-2H3;1-2H3;1H. The number of benzene rings is 1. The molecular weight excluding hydrogens is 206 g/mol. The van der Waals surface area contributed by atoms with E-state index < -0.39 is 0 Å². The van der Waals surface area contributed by atoms with Crippen LogP contribution < -0.4 is 5.32 Å². The molecule has 1 nitrogen and oxygen atoms in total. The SMILES string of the molecule is CC.CCCC.CCCNCc1ccccc1.[HH]. The molecular formula is C16H33N. The normalized spacial score (nSPS) is 8.53. The third-order valence-corrected chi connectivity index (χ3v) is 2.10. The fraction of sp³-hybridized carbons (Fsp3) is 0.625. The zero-order valence-electron chi connectivity index (χ0n) is 12.4. The molecule has 1 aromatic rings. The van der Waals surface area contributed by atoms with Gasteiger partial charge in [-0.3, -0.25) is 0 Å². The molecule has 0 aromatic heterocycles. The lowest BCUT2D eigenvalue weighted by atomic mass is 10.2. The van der Waals surface area contributed by atoms with E-state index in [0.717, 1.165) is 13.1 Å². The molecule has 0 aliphatic heterocycles. The highest BCUT2D eigenvalue weighted by Crippen LogP contribution is 1.96. The summed E-state index contributed by atoms with van der Waals surface area (Å²) in [5.74, 6) is 0. The van der Waals surface area contributed by atoms with Gasteiger partial charge in [0.25, 0.3) is 0 Å². The molecule has 1 heteroatoms. The third-order valence-electron chi connectivity index (χ3n) is 2.10. The summed E-state index contributed by atoms with van der Waals surface area (Å²) in [4.78, 5) is 0. The van der Waals surface area contributed by atoms with Crippen LogP contribution in [-0.2, 0) is 6.54 Å². The van der Waals surface area contributed by atoms with Crippen LogP contribution in [0.15, 0.2) is 30.3 Å². The van der Waals surface area contributed by atoms with E-state index in [-0.39, 0.29) is 1.43 Å². The fourth-order valence-electron chi connectivity index (χ4n) is 1.01. The highest BCUT2D eigenvalue weighted by atomic mass is 14.8. The number of unbranched alkanes of at least 4 members (excludes halogenated alkanes) is 1. The van der Waals surface area contributed by atoms with Gasteiger partial charge in [-0.15, -0.1) is 0 Å². The van der Waals surface area contributed by atoms with Crippen LogP contribution in [0.3, 0.4) is 0 Å². The summed E-state index contributed by atoms with van der Waals surface area (Å²) >= 11 is 0. The number of hydrogen-bond acceptors (Lipinski definition) is 1. The third kappa shape index (κ3) is 15.2. The molecule has 0 aliphatic carbocycles. The van der Waals surface area contributed by atoms with Crippen molar-refractivity contribution in [1.82, 2.24) is 5.32 Å². The summed E-state index contributed by atoms with van der Waals surface area (Å²) in [6.07, 6.45) is 3.84. The minimum atomic E-state index is 0. The Morgan fingerprint density at radius 3 is 1.82 bits per heavy atom. The van der Waals surface area contributed by atoms with Gasteiger partial charge >= 0.3 is 0 Å². The smallest absolute Gasteiger partial charge is 0.0205 e. The first-order valence-electron chi connectivity index (χ1n) is 7.09. The lowest BCUT2D eigenvalue weighted by molar-refractivity contribution is 0.675. The van der Waals surface area contributed by atoms with Crippen molar-refractivity contribution < 1.29 is 1.43 Å². The van der Waals surface area contributed by atoms with E-state index in [9.17, 15) is 0 Å². The highest BCUT2D eigenvalue weighted by molar-refractivity contribution is 5.14. The second kappa shape index (κ2) is 17.6. The van der Waals surface area contributed by atoms with E-state index in [0.29, 0.717) is 0 Å². The predicted molar refractivity (Wildman–Crippen MR) is 82.5 cm³/mol. The van der Waals surface area contributed by atoms with Crippen molar-refractivity contribution in [3.63, 3.8) is 0 Å². The van der Waals surface area contributed by atoms with Gasteiger partial charge in [0.1, 0.15) is 0 Å². The van der Waals surface area contributed by atoms with E-state index in [1.165, 1.54) is 24.8 Å². The van der Waals surface area contributed by atoms with Crippen LogP contribution in [0.2, 0.25) is 0 Å². The van der Waals surface area contributed by atoms with E-state index >= 15 is 0 Å². The Labute approximate surface area is 110 Å². The first kappa shape index (κ1) is 18.5. The number of hydrogen-bond donors (Lipinski definition) is 1. The van der Waals surface area contributed by atoms with E-state index in [2.05, 4.69) is 50.4 Å². The van der Waals surface area contributed by atoms with E-state index in [1.807, 2.05) is 19.9 Å². The summed E-state index contributed by atoms with van der Waals surface area (Å²) in [7, 11) is 0. The molecule has 0 spiro atoms. The van der Waals surface area contributed by atoms with Gasteiger partial charge in [-0.05, 0) is 18.5 Å². The fourth-order valence-corrected chi connectivity index (χ4v) is 1.01. The minimum Gasteiger partial charge on any atom is -0.313 e. The van der Waals surface area contributed by atoms with Crippen molar-refractivity contribution in [3.8, 4) is 0 Å². The van der Waals surface area contributed by atoms with Crippen molar-refractivity contribution >= 4 is 0 Å². The first-order valence-corrected chi connectivity index (χ1v) is 7.09. The maximum absolute atomic E-state index is 3.35. The summed E-state index contributed by atoms with van der Waals surface area (Å²) in [6.45, 7) is 12.6. The Bertz CT molecular complexity index is 210. The van der Waals surface area contributed by atoms with E-state index in [1.54, 1.807) is 0 Å². The van der Waals surface area contributed by atoms with Crippen LogP contribution in [0.4, 0.5) is 0 Å². The van der Waals surface area contributed by atoms with Crippen molar-refractivity contribution in [1.29, 1.82) is 0 Å². The van der Waals surface area contributed by atoms with Gasteiger partial charge in [0.05, 0.1) is 0 Å². The Morgan fingerprint density at radius 2 is 1.41 bits per heavy atom. The maximum atomic E-state index is 3.35. The highest BCUT2D eigenvalue weighted by Gasteiger charge is 1.87. The number of rotatable bonds is 5. The zero-order chi connectivity index (χ0) is 13.4. The Balaban J connectivity index is -0.000000277. The predicted octanol–water partition coefficient (Wildman–Crippen LogP) is 5.26. The molecule has 1 aromatic carbocycles. The summed E-state index contributed by atoms with van der Waals surface area (Å²) in [6, 6.07) is 10.5. The number of nitrogens with one attached hydrogen (secondary N) is 1. The van der Waals surface area contributed by atoms with Crippen LogP contribution >= 0.6 is 0 Å². The van der Waals surface area contributed by atoms with Crippen LogP contribution in [0.5, 0.6) is 0 Å². The van der Waals surface area contributed by atoms with Gasteiger partial charge in [-0.1, -0.05) is 77.8 Å². The molecule has 0 bridgehead atoms. The molecule has 0 radical (unpaired) electrons. The summed E-state index contributed by atoms with van der Waals surface area (Å²) in [5, 5.41) is 3.35. The average molecular weight is 239 g/mol. The lowest BCUT2D eigenvalue weighted by Crippen LogP contribution is -2.13. The van der Waals surface area contributed by atoms with Gasteiger partial charge in [0.15, 0.2) is 0 Å². The van der Waals surface area contributed by atoms with Gasteiger partial charge in [-0.2, -0.15) is 0 Å². The molecule has 102 valence electrons. The molecule has 0 unspecified atom stereocenters. The van der Waals surface area contributed by atoms with Crippen molar-refractivity contribution in [2.75, 3.05) is 6.54 Å². The topological polar surface area (TPSA) is 12.0 Å². The maximum Gasteiger partial charge on any atom is 0.0205 e. The molecule has 1 rings (SSSR count). The summed E-state index contributed by atoms with van der Waals surface area (Å²) in [5.41, 5.74) is 1.36. The van der Waals surface area contributed by atoms with Gasteiger partial charge in [0, 0.05) is 7.97 Å². The Hall–Kier alpha value is -0.820. The van der Waals surface area contributed by atoms with Crippen LogP contribution in [-0.4, -0.2) is 6.54 Å². The van der Waals surface area contributed by atoms with Crippen molar-refractivity contribution in [3.05, 3.63) is 35.9 Å². The molecule has 0 saturated carbocycles. The van der Waals surface area contributed by atoms with Crippen LogP contribution in [0.1, 0.15) is 60.9 Å². The lowest BCUT2D eigenvalue weighted by Gasteiger charge is -2.01. The molecule has 17 heavy (non-hydrogen) atoms. The van der Waals surface area contributed by atoms with Gasteiger partial charge in [-0.25, -0.2) is 0 Å². The molecule has 0 atom stereocenters. The van der Waals surface area contributed by atoms with E-state index in [4.69, 9.17) is 0 Å². The molecule has 0 saturated heterocycles. The zero-order valence-corrected chi connectivity index (χ0v) is 12.4. The quantitative estimate of drug-likeness (QED) is 0.691. The molecule has 0 aliphatic rings. The van der Waals surface area contributed by atoms with Gasteiger partial charge in [0.2, 0.25) is 0 Å². The largest absolute Gasteiger partial charge is 0.313 e. The molecule has 0 fully saturated rings. The Kier molecular flexibility index (Phi) is 19.2. The van der Waals surface area contributed by atoms with Crippen molar-refractivity contribution in [2.24, 2.45) is 0 Å².